The largest absolute Gasteiger partial charge is 0.496 e. The number of fused-ring (bicyclic) bond motifs is 1. The summed E-state index contributed by atoms with van der Waals surface area (Å²) in [6.07, 6.45) is -3.36. The van der Waals surface area contributed by atoms with Crippen LogP contribution < -0.4 is 28.4 Å². The summed E-state index contributed by atoms with van der Waals surface area (Å²) in [7, 11) is 7.49. The first-order chi connectivity index (χ1) is 13.5. The normalized spacial score (nSPS) is 20.6. The zero-order valence-electron chi connectivity index (χ0n) is 16.4. The predicted octanol–water partition coefficient (Wildman–Crippen LogP) is 2.26. The molecule has 8 heteroatoms. The molecule has 0 radical (unpaired) electrons. The van der Waals surface area contributed by atoms with Gasteiger partial charge in [0.1, 0.15) is 29.5 Å². The highest BCUT2D eigenvalue weighted by atomic mass is 16.5. The minimum atomic E-state index is -1.25. The summed E-state index contributed by atoms with van der Waals surface area (Å²) < 4.78 is 32.7. The molecule has 0 aliphatic carbocycles. The number of benzene rings is 2. The van der Waals surface area contributed by atoms with E-state index in [-0.39, 0.29) is 0 Å². The van der Waals surface area contributed by atoms with Crippen molar-refractivity contribution in [1.82, 2.24) is 0 Å². The van der Waals surface area contributed by atoms with E-state index < -0.39 is 18.3 Å². The van der Waals surface area contributed by atoms with Gasteiger partial charge in [0.15, 0.2) is 17.6 Å². The Morgan fingerprint density at radius 3 is 1.86 bits per heavy atom. The first-order valence-electron chi connectivity index (χ1n) is 8.57. The third-order valence-electron chi connectivity index (χ3n) is 4.73. The SMILES string of the molecule is COc1cc(OC)c2c(c1)O[C@@H](c1cc(OC)c(OC)c(OC)c1)[C@H](O)[C@@H]2O. The van der Waals surface area contributed by atoms with Crippen molar-refractivity contribution in [2.75, 3.05) is 35.5 Å². The van der Waals surface area contributed by atoms with Crippen LogP contribution in [0.2, 0.25) is 0 Å². The van der Waals surface area contributed by atoms with E-state index in [1.165, 1.54) is 35.5 Å². The number of aliphatic hydroxyl groups excluding tert-OH is 2. The monoisotopic (exact) mass is 392 g/mol. The topological polar surface area (TPSA) is 95.8 Å². The van der Waals surface area contributed by atoms with E-state index in [2.05, 4.69) is 0 Å². The smallest absolute Gasteiger partial charge is 0.203 e. The second kappa shape index (κ2) is 8.04. The Bertz CT molecular complexity index is 825. The van der Waals surface area contributed by atoms with Crippen LogP contribution in [-0.4, -0.2) is 51.9 Å². The molecule has 2 aromatic carbocycles. The summed E-state index contributed by atoms with van der Waals surface area (Å²) in [6.45, 7) is 0. The minimum absolute atomic E-state index is 0.354. The first kappa shape index (κ1) is 19.9. The van der Waals surface area contributed by atoms with Crippen molar-refractivity contribution in [2.24, 2.45) is 0 Å². The number of ether oxygens (including phenoxy) is 6. The van der Waals surface area contributed by atoms with E-state index in [1.807, 2.05) is 0 Å². The van der Waals surface area contributed by atoms with Gasteiger partial charge in [-0.2, -0.15) is 0 Å². The highest BCUT2D eigenvalue weighted by Gasteiger charge is 2.40. The van der Waals surface area contributed by atoms with Crippen LogP contribution in [0.15, 0.2) is 24.3 Å². The second-order valence-corrected chi connectivity index (χ2v) is 6.17. The fourth-order valence-corrected chi connectivity index (χ4v) is 3.33. The Balaban J connectivity index is 2.11. The van der Waals surface area contributed by atoms with Crippen molar-refractivity contribution in [1.29, 1.82) is 0 Å². The number of rotatable bonds is 6. The fraction of sp³-hybridized carbons (Fsp3) is 0.400. The molecule has 0 amide bonds. The van der Waals surface area contributed by atoms with E-state index in [1.54, 1.807) is 24.3 Å². The van der Waals surface area contributed by atoms with E-state index >= 15 is 0 Å². The van der Waals surface area contributed by atoms with Crippen LogP contribution in [0.1, 0.15) is 23.3 Å². The van der Waals surface area contributed by atoms with E-state index in [9.17, 15) is 10.2 Å². The second-order valence-electron chi connectivity index (χ2n) is 6.17. The summed E-state index contributed by atoms with van der Waals surface area (Å²) in [5.41, 5.74) is 0.910. The molecule has 2 aromatic rings. The quantitative estimate of drug-likeness (QED) is 0.773. The van der Waals surface area contributed by atoms with Crippen LogP contribution in [0.4, 0.5) is 0 Å². The lowest BCUT2D eigenvalue weighted by molar-refractivity contribution is -0.0711. The molecule has 0 saturated heterocycles. The number of hydrogen-bond acceptors (Lipinski definition) is 8. The van der Waals surface area contributed by atoms with Crippen LogP contribution in [0.5, 0.6) is 34.5 Å². The molecule has 1 aliphatic rings. The van der Waals surface area contributed by atoms with Gasteiger partial charge in [-0.15, -0.1) is 0 Å². The Kier molecular flexibility index (Phi) is 5.71. The first-order valence-corrected chi connectivity index (χ1v) is 8.57. The third kappa shape index (κ3) is 3.25. The maximum atomic E-state index is 10.8. The molecule has 0 unspecified atom stereocenters. The summed E-state index contributed by atoms with van der Waals surface area (Å²) in [5.74, 6) is 2.47. The molecule has 3 rings (SSSR count). The van der Waals surface area contributed by atoms with Crippen molar-refractivity contribution in [3.63, 3.8) is 0 Å². The van der Waals surface area contributed by atoms with Crippen molar-refractivity contribution in [3.05, 3.63) is 35.4 Å². The zero-order valence-corrected chi connectivity index (χ0v) is 16.4. The average molecular weight is 392 g/mol. The molecule has 0 fully saturated rings. The average Bonchev–Trinajstić information content (AvgIpc) is 2.73. The van der Waals surface area contributed by atoms with Gasteiger partial charge in [-0.25, -0.2) is 0 Å². The van der Waals surface area contributed by atoms with E-state index in [0.29, 0.717) is 45.6 Å². The minimum Gasteiger partial charge on any atom is -0.496 e. The van der Waals surface area contributed by atoms with Crippen molar-refractivity contribution >= 4 is 0 Å². The van der Waals surface area contributed by atoms with E-state index in [0.717, 1.165) is 0 Å². The molecule has 8 nitrogen and oxygen atoms in total. The van der Waals surface area contributed by atoms with Crippen LogP contribution >= 0.6 is 0 Å². The van der Waals surface area contributed by atoms with Gasteiger partial charge < -0.3 is 38.6 Å². The molecule has 0 saturated carbocycles. The highest BCUT2D eigenvalue weighted by Crippen LogP contribution is 2.49. The number of aliphatic hydroxyl groups is 2. The van der Waals surface area contributed by atoms with Crippen molar-refractivity contribution < 1.29 is 38.6 Å². The standard InChI is InChI=1S/C20H24O8/c1-23-11-8-12(24-2)16-13(9-11)28-19(18(22)17(16)21)10-6-14(25-3)20(27-5)15(7-10)26-4/h6-9,17-19,21-22H,1-5H3/t17-,18-,19+/m1/s1. The van der Waals surface area contributed by atoms with Gasteiger partial charge in [-0.05, 0) is 12.1 Å². The lowest BCUT2D eigenvalue weighted by Gasteiger charge is -2.35. The van der Waals surface area contributed by atoms with Gasteiger partial charge >= 0.3 is 0 Å². The molecule has 0 aromatic heterocycles. The Morgan fingerprint density at radius 1 is 0.750 bits per heavy atom. The summed E-state index contributed by atoms with van der Waals surface area (Å²) in [4.78, 5) is 0. The van der Waals surface area contributed by atoms with Crippen LogP contribution in [0.25, 0.3) is 0 Å². The number of methoxy groups -OCH3 is 5. The zero-order chi connectivity index (χ0) is 20.4. The lowest BCUT2D eigenvalue weighted by atomic mass is 9.91. The summed E-state index contributed by atoms with van der Waals surface area (Å²) in [6, 6.07) is 6.60. The van der Waals surface area contributed by atoms with Crippen LogP contribution in [-0.2, 0) is 0 Å². The Morgan fingerprint density at radius 2 is 1.36 bits per heavy atom. The molecule has 1 heterocycles. The maximum Gasteiger partial charge on any atom is 0.203 e. The summed E-state index contributed by atoms with van der Waals surface area (Å²) >= 11 is 0. The molecular formula is C20H24O8. The molecular weight excluding hydrogens is 368 g/mol. The van der Waals surface area contributed by atoms with Gasteiger partial charge in [0.2, 0.25) is 5.75 Å². The summed E-state index contributed by atoms with van der Waals surface area (Å²) in [5, 5.41) is 21.5. The van der Waals surface area contributed by atoms with Crippen LogP contribution in [0, 0.1) is 0 Å². The molecule has 152 valence electrons. The predicted molar refractivity (Wildman–Crippen MR) is 100.0 cm³/mol. The lowest BCUT2D eigenvalue weighted by Crippen LogP contribution is -2.34. The van der Waals surface area contributed by atoms with Gasteiger partial charge in [-0.1, -0.05) is 0 Å². The highest BCUT2D eigenvalue weighted by molar-refractivity contribution is 5.57. The Labute approximate surface area is 163 Å². The van der Waals surface area contributed by atoms with Crippen LogP contribution in [0.3, 0.4) is 0 Å². The van der Waals surface area contributed by atoms with Gasteiger partial charge in [0.25, 0.3) is 0 Å². The van der Waals surface area contributed by atoms with Gasteiger partial charge in [0.05, 0.1) is 41.1 Å². The van der Waals surface area contributed by atoms with Crippen molar-refractivity contribution in [3.8, 4) is 34.5 Å². The third-order valence-corrected chi connectivity index (χ3v) is 4.73. The van der Waals surface area contributed by atoms with Gasteiger partial charge in [-0.3, -0.25) is 0 Å². The van der Waals surface area contributed by atoms with E-state index in [4.69, 9.17) is 28.4 Å². The van der Waals surface area contributed by atoms with Gasteiger partial charge in [0, 0.05) is 17.7 Å². The molecule has 1 aliphatic heterocycles. The molecule has 0 spiro atoms. The van der Waals surface area contributed by atoms with Crippen molar-refractivity contribution in [2.45, 2.75) is 18.3 Å². The Hall–Kier alpha value is -2.84. The maximum absolute atomic E-state index is 10.8. The molecule has 28 heavy (non-hydrogen) atoms. The fourth-order valence-electron chi connectivity index (χ4n) is 3.33. The molecule has 0 bridgehead atoms. The molecule has 2 N–H and O–H groups in total. The molecule has 3 atom stereocenters. The number of hydrogen-bond donors (Lipinski definition) is 2.